The second kappa shape index (κ2) is 7.04. The van der Waals surface area contributed by atoms with Crippen molar-refractivity contribution < 1.29 is 13.2 Å². The van der Waals surface area contributed by atoms with Crippen LogP contribution in [0.4, 0.5) is 13.2 Å². The van der Waals surface area contributed by atoms with Crippen LogP contribution in [0, 0.1) is 0 Å². The largest absolute Gasteiger partial charge is 0.416 e. The minimum absolute atomic E-state index is 0.296. The van der Waals surface area contributed by atoms with Gasteiger partial charge in [-0.1, -0.05) is 25.1 Å². The highest BCUT2D eigenvalue weighted by Gasteiger charge is 2.30. The van der Waals surface area contributed by atoms with Crippen molar-refractivity contribution in [3.63, 3.8) is 0 Å². The van der Waals surface area contributed by atoms with Gasteiger partial charge in [0.05, 0.1) is 5.56 Å². The summed E-state index contributed by atoms with van der Waals surface area (Å²) in [7, 11) is 0. The summed E-state index contributed by atoms with van der Waals surface area (Å²) >= 11 is 1.82. The molecule has 1 aromatic carbocycles. The number of rotatable bonds is 6. The fraction of sp³-hybridized carbons (Fsp3) is 0.538. The quantitative estimate of drug-likeness (QED) is 0.845. The maximum absolute atomic E-state index is 12.5. The Balaban J connectivity index is 2.52. The van der Waals surface area contributed by atoms with E-state index >= 15 is 0 Å². The van der Waals surface area contributed by atoms with E-state index < -0.39 is 11.7 Å². The zero-order valence-corrected chi connectivity index (χ0v) is 11.4. The van der Waals surface area contributed by atoms with E-state index in [4.69, 9.17) is 0 Å². The molecule has 1 N–H and O–H groups in total. The molecule has 1 unspecified atom stereocenters. The molecule has 0 aromatic heterocycles. The Labute approximate surface area is 110 Å². The van der Waals surface area contributed by atoms with Gasteiger partial charge in [0.25, 0.3) is 0 Å². The number of hydrogen-bond acceptors (Lipinski definition) is 2. The third-order valence-electron chi connectivity index (χ3n) is 2.48. The predicted molar refractivity (Wildman–Crippen MR) is 70.7 cm³/mol. The van der Waals surface area contributed by atoms with E-state index in [0.29, 0.717) is 18.2 Å². The number of hydrogen-bond donors (Lipinski definition) is 1. The van der Waals surface area contributed by atoms with Crippen molar-refractivity contribution in [1.29, 1.82) is 0 Å². The SMILES string of the molecule is CCSCC(C)NCc1cccc(C(F)(F)F)c1. The van der Waals surface area contributed by atoms with Crippen LogP contribution in [0.3, 0.4) is 0 Å². The minimum Gasteiger partial charge on any atom is -0.309 e. The summed E-state index contributed by atoms with van der Waals surface area (Å²) in [5, 5.41) is 3.22. The molecule has 0 spiro atoms. The number of halogens is 3. The molecule has 0 saturated carbocycles. The summed E-state index contributed by atoms with van der Waals surface area (Å²) < 4.78 is 37.5. The molecule has 18 heavy (non-hydrogen) atoms. The average Bonchev–Trinajstić information content (AvgIpc) is 2.33. The molecule has 0 bridgehead atoms. The molecule has 5 heteroatoms. The number of nitrogens with one attached hydrogen (secondary N) is 1. The Hall–Kier alpha value is -0.680. The Morgan fingerprint density at radius 2 is 2.06 bits per heavy atom. The van der Waals surface area contributed by atoms with Crippen molar-refractivity contribution in [2.24, 2.45) is 0 Å². The molecule has 0 saturated heterocycles. The fourth-order valence-corrected chi connectivity index (χ4v) is 2.21. The molecule has 0 aliphatic rings. The van der Waals surface area contributed by atoms with Crippen LogP contribution in [0.2, 0.25) is 0 Å². The van der Waals surface area contributed by atoms with Crippen molar-refractivity contribution in [2.75, 3.05) is 11.5 Å². The van der Waals surface area contributed by atoms with E-state index in [0.717, 1.165) is 17.6 Å². The van der Waals surface area contributed by atoms with Gasteiger partial charge in [0, 0.05) is 18.3 Å². The van der Waals surface area contributed by atoms with Gasteiger partial charge in [-0.15, -0.1) is 0 Å². The normalized spacial score (nSPS) is 13.6. The van der Waals surface area contributed by atoms with Gasteiger partial charge in [0.2, 0.25) is 0 Å². The van der Waals surface area contributed by atoms with Crippen LogP contribution in [0.5, 0.6) is 0 Å². The van der Waals surface area contributed by atoms with E-state index in [1.54, 1.807) is 6.07 Å². The average molecular weight is 277 g/mol. The van der Waals surface area contributed by atoms with Gasteiger partial charge in [-0.3, -0.25) is 0 Å². The second-order valence-corrected chi connectivity index (χ2v) is 5.46. The predicted octanol–water partition coefficient (Wildman–Crippen LogP) is 3.94. The standard InChI is InChI=1S/C13H18F3NS/c1-3-18-9-10(2)17-8-11-5-4-6-12(7-11)13(14,15)16/h4-7,10,17H,3,8-9H2,1-2H3. The first-order valence-electron chi connectivity index (χ1n) is 5.90. The summed E-state index contributed by atoms with van der Waals surface area (Å²) in [6.45, 7) is 4.59. The van der Waals surface area contributed by atoms with Crippen molar-refractivity contribution in [1.82, 2.24) is 5.32 Å². The molecule has 1 aromatic rings. The Morgan fingerprint density at radius 3 is 2.67 bits per heavy atom. The van der Waals surface area contributed by atoms with Crippen molar-refractivity contribution in [3.8, 4) is 0 Å². The lowest BCUT2D eigenvalue weighted by molar-refractivity contribution is -0.137. The number of thioether (sulfide) groups is 1. The molecule has 0 heterocycles. The molecule has 1 rings (SSSR count). The Kier molecular flexibility index (Phi) is 6.02. The Bertz CT molecular complexity index is 365. The Morgan fingerprint density at radius 1 is 1.33 bits per heavy atom. The molecule has 102 valence electrons. The third kappa shape index (κ3) is 5.31. The van der Waals surface area contributed by atoms with Crippen LogP contribution in [0.25, 0.3) is 0 Å². The molecule has 0 aliphatic carbocycles. The van der Waals surface area contributed by atoms with Crippen LogP contribution in [0.1, 0.15) is 25.0 Å². The highest BCUT2D eigenvalue weighted by atomic mass is 32.2. The summed E-state index contributed by atoms with van der Waals surface area (Å²) in [4.78, 5) is 0. The zero-order valence-electron chi connectivity index (χ0n) is 10.6. The smallest absolute Gasteiger partial charge is 0.309 e. The van der Waals surface area contributed by atoms with Crippen molar-refractivity contribution in [2.45, 2.75) is 32.6 Å². The number of benzene rings is 1. The molecular formula is C13H18F3NS. The van der Waals surface area contributed by atoms with Crippen LogP contribution in [0.15, 0.2) is 24.3 Å². The topological polar surface area (TPSA) is 12.0 Å². The third-order valence-corrected chi connectivity index (χ3v) is 3.62. The van der Waals surface area contributed by atoms with E-state index in [1.807, 2.05) is 18.7 Å². The molecule has 0 radical (unpaired) electrons. The van der Waals surface area contributed by atoms with Gasteiger partial charge in [-0.05, 0) is 24.3 Å². The first-order chi connectivity index (χ1) is 8.43. The van der Waals surface area contributed by atoms with Gasteiger partial charge >= 0.3 is 6.18 Å². The summed E-state index contributed by atoms with van der Waals surface area (Å²) in [6.07, 6.45) is -4.26. The monoisotopic (exact) mass is 277 g/mol. The maximum atomic E-state index is 12.5. The highest BCUT2D eigenvalue weighted by Crippen LogP contribution is 2.29. The van der Waals surface area contributed by atoms with Crippen molar-refractivity contribution in [3.05, 3.63) is 35.4 Å². The lowest BCUT2D eigenvalue weighted by atomic mass is 10.1. The van der Waals surface area contributed by atoms with Crippen LogP contribution in [-0.2, 0) is 12.7 Å². The zero-order chi connectivity index (χ0) is 13.6. The summed E-state index contributed by atoms with van der Waals surface area (Å²) in [6, 6.07) is 5.75. The van der Waals surface area contributed by atoms with E-state index in [9.17, 15) is 13.2 Å². The highest BCUT2D eigenvalue weighted by molar-refractivity contribution is 7.99. The number of alkyl halides is 3. The van der Waals surface area contributed by atoms with E-state index in [-0.39, 0.29) is 0 Å². The molecule has 0 fully saturated rings. The van der Waals surface area contributed by atoms with E-state index in [1.165, 1.54) is 12.1 Å². The van der Waals surface area contributed by atoms with E-state index in [2.05, 4.69) is 12.2 Å². The van der Waals surface area contributed by atoms with Gasteiger partial charge in [-0.2, -0.15) is 24.9 Å². The molecule has 1 atom stereocenters. The molecule has 0 amide bonds. The van der Waals surface area contributed by atoms with Gasteiger partial charge in [0.15, 0.2) is 0 Å². The lowest BCUT2D eigenvalue weighted by Crippen LogP contribution is -2.27. The molecular weight excluding hydrogens is 259 g/mol. The first kappa shape index (κ1) is 15.4. The van der Waals surface area contributed by atoms with Gasteiger partial charge in [-0.25, -0.2) is 0 Å². The van der Waals surface area contributed by atoms with Crippen LogP contribution < -0.4 is 5.32 Å². The van der Waals surface area contributed by atoms with Crippen LogP contribution >= 0.6 is 11.8 Å². The maximum Gasteiger partial charge on any atom is 0.416 e. The van der Waals surface area contributed by atoms with Gasteiger partial charge in [0.1, 0.15) is 0 Å². The molecule has 0 aliphatic heterocycles. The summed E-state index contributed by atoms with van der Waals surface area (Å²) in [5.41, 5.74) is 0.0792. The summed E-state index contributed by atoms with van der Waals surface area (Å²) in [5.74, 6) is 2.02. The first-order valence-corrected chi connectivity index (χ1v) is 7.06. The minimum atomic E-state index is -4.26. The van der Waals surface area contributed by atoms with Crippen molar-refractivity contribution >= 4 is 11.8 Å². The second-order valence-electron chi connectivity index (χ2n) is 4.14. The van der Waals surface area contributed by atoms with Crippen LogP contribution in [-0.4, -0.2) is 17.5 Å². The fourth-order valence-electron chi connectivity index (χ4n) is 1.50. The van der Waals surface area contributed by atoms with Gasteiger partial charge < -0.3 is 5.32 Å². The molecule has 1 nitrogen and oxygen atoms in total. The lowest BCUT2D eigenvalue weighted by Gasteiger charge is -2.14.